The normalized spacial score (nSPS) is 12.8. The number of carboxylic acid groups (broad SMARTS) is 1. The summed E-state index contributed by atoms with van der Waals surface area (Å²) < 4.78 is 38.3. The maximum absolute atomic E-state index is 12.8. The fraction of sp³-hybridized carbons (Fsp3) is 0.385. The molecule has 7 heteroatoms. The molecule has 0 amide bonds. The first-order valence-corrected chi connectivity index (χ1v) is 5.79. The number of halogens is 3. The molecule has 0 heterocycles. The van der Waals surface area contributed by atoms with Crippen molar-refractivity contribution in [2.24, 2.45) is 0 Å². The van der Waals surface area contributed by atoms with Crippen LogP contribution >= 0.6 is 0 Å². The number of hydrogen-bond donors (Lipinski definition) is 2. The summed E-state index contributed by atoms with van der Waals surface area (Å²) in [7, 11) is 0. The Kier molecular flexibility index (Phi) is 5.11. The molecule has 1 aromatic carbocycles. The third-order valence-corrected chi connectivity index (χ3v) is 2.65. The zero-order valence-corrected chi connectivity index (χ0v) is 10.7. The average molecular weight is 286 g/mol. The van der Waals surface area contributed by atoms with Gasteiger partial charge in [-0.2, -0.15) is 18.4 Å². The number of carboxylic acids is 1. The van der Waals surface area contributed by atoms with Crippen molar-refractivity contribution in [2.45, 2.75) is 25.6 Å². The van der Waals surface area contributed by atoms with Gasteiger partial charge in [-0.3, -0.25) is 4.79 Å². The number of hydrogen-bond acceptors (Lipinski definition) is 3. The molecule has 0 radical (unpaired) electrons. The average Bonchev–Trinajstić information content (AvgIpc) is 2.35. The van der Waals surface area contributed by atoms with Crippen molar-refractivity contribution < 1.29 is 23.1 Å². The standard InChI is InChI=1S/C13H13F3N2O2/c1-8(18-7-12(19)20)4-9-2-3-10(6-17)11(5-9)13(14,15)16/h2-3,5,8,18H,4,7H2,1H3,(H,19,20). The number of benzene rings is 1. The predicted molar refractivity (Wildman–Crippen MR) is 65.0 cm³/mol. The molecule has 0 saturated carbocycles. The fourth-order valence-electron chi connectivity index (χ4n) is 1.74. The van der Waals surface area contributed by atoms with Crippen LogP contribution in [0.2, 0.25) is 0 Å². The van der Waals surface area contributed by atoms with E-state index in [2.05, 4.69) is 5.32 Å². The molecule has 0 spiro atoms. The Morgan fingerprint density at radius 1 is 1.50 bits per heavy atom. The quantitative estimate of drug-likeness (QED) is 0.870. The molecule has 1 aromatic rings. The summed E-state index contributed by atoms with van der Waals surface area (Å²) in [6, 6.07) is 4.71. The molecule has 0 aromatic heterocycles. The summed E-state index contributed by atoms with van der Waals surface area (Å²) in [6.45, 7) is 1.41. The van der Waals surface area contributed by atoms with Gasteiger partial charge in [0.15, 0.2) is 0 Å². The maximum Gasteiger partial charge on any atom is 0.417 e. The van der Waals surface area contributed by atoms with Crippen molar-refractivity contribution in [3.8, 4) is 6.07 Å². The van der Waals surface area contributed by atoms with E-state index >= 15 is 0 Å². The lowest BCUT2D eigenvalue weighted by Crippen LogP contribution is -2.32. The summed E-state index contributed by atoms with van der Waals surface area (Å²) >= 11 is 0. The van der Waals surface area contributed by atoms with Crippen LogP contribution in [0, 0.1) is 11.3 Å². The van der Waals surface area contributed by atoms with Crippen LogP contribution < -0.4 is 5.32 Å². The third-order valence-electron chi connectivity index (χ3n) is 2.65. The molecule has 0 aliphatic heterocycles. The molecule has 0 aliphatic rings. The van der Waals surface area contributed by atoms with Crippen LogP contribution in [0.1, 0.15) is 23.6 Å². The van der Waals surface area contributed by atoms with Gasteiger partial charge in [-0.15, -0.1) is 0 Å². The van der Waals surface area contributed by atoms with E-state index in [1.54, 1.807) is 6.92 Å². The summed E-state index contributed by atoms with van der Waals surface area (Å²) in [5, 5.41) is 19.8. The molecule has 20 heavy (non-hydrogen) atoms. The SMILES string of the molecule is CC(Cc1ccc(C#N)c(C(F)(F)F)c1)NCC(=O)O. The molecule has 108 valence electrons. The van der Waals surface area contributed by atoms with E-state index in [9.17, 15) is 18.0 Å². The summed E-state index contributed by atoms with van der Waals surface area (Å²) in [4.78, 5) is 10.4. The Labute approximate surface area is 113 Å². The second-order valence-electron chi connectivity index (χ2n) is 4.37. The molecular formula is C13H13F3N2O2. The molecule has 0 saturated heterocycles. The van der Waals surface area contributed by atoms with Crippen molar-refractivity contribution in [1.82, 2.24) is 5.32 Å². The van der Waals surface area contributed by atoms with Crippen LogP contribution in [-0.2, 0) is 17.4 Å². The maximum atomic E-state index is 12.8. The Bertz CT molecular complexity index is 535. The second kappa shape index (κ2) is 6.39. The van der Waals surface area contributed by atoms with Gasteiger partial charge in [0.2, 0.25) is 0 Å². The summed E-state index contributed by atoms with van der Waals surface area (Å²) in [6.07, 6.45) is -4.35. The van der Waals surface area contributed by atoms with Gasteiger partial charge >= 0.3 is 12.1 Å². The fourth-order valence-corrected chi connectivity index (χ4v) is 1.74. The molecule has 2 N–H and O–H groups in total. The van der Waals surface area contributed by atoms with Gasteiger partial charge in [-0.1, -0.05) is 6.07 Å². The topological polar surface area (TPSA) is 73.1 Å². The lowest BCUT2D eigenvalue weighted by Gasteiger charge is -2.14. The van der Waals surface area contributed by atoms with Gasteiger partial charge in [-0.05, 0) is 31.0 Å². The van der Waals surface area contributed by atoms with Crippen LogP contribution in [0.15, 0.2) is 18.2 Å². The first-order valence-electron chi connectivity index (χ1n) is 5.79. The van der Waals surface area contributed by atoms with Crippen LogP contribution in [0.5, 0.6) is 0 Å². The zero-order chi connectivity index (χ0) is 15.3. The Balaban J connectivity index is 2.88. The minimum absolute atomic E-state index is 0.238. The van der Waals surface area contributed by atoms with Crippen molar-refractivity contribution in [2.75, 3.05) is 6.54 Å². The van der Waals surface area contributed by atoms with E-state index in [1.807, 2.05) is 0 Å². The number of nitrogens with one attached hydrogen (secondary N) is 1. The molecule has 0 bridgehead atoms. The van der Waals surface area contributed by atoms with E-state index in [-0.39, 0.29) is 19.0 Å². The van der Waals surface area contributed by atoms with Crippen molar-refractivity contribution in [1.29, 1.82) is 5.26 Å². The van der Waals surface area contributed by atoms with Gasteiger partial charge in [0.25, 0.3) is 0 Å². The number of aliphatic carboxylic acids is 1. The van der Waals surface area contributed by atoms with E-state index in [1.165, 1.54) is 12.1 Å². The highest BCUT2D eigenvalue weighted by molar-refractivity contribution is 5.69. The van der Waals surface area contributed by atoms with Crippen LogP contribution in [0.4, 0.5) is 13.2 Å². The molecule has 1 unspecified atom stereocenters. The second-order valence-corrected chi connectivity index (χ2v) is 4.37. The van der Waals surface area contributed by atoms with Crippen LogP contribution in [-0.4, -0.2) is 23.7 Å². The van der Waals surface area contributed by atoms with Gasteiger partial charge in [0, 0.05) is 6.04 Å². The number of alkyl halides is 3. The highest BCUT2D eigenvalue weighted by Crippen LogP contribution is 2.32. The zero-order valence-electron chi connectivity index (χ0n) is 10.7. The third kappa shape index (κ3) is 4.55. The Hall–Kier alpha value is -2.07. The molecule has 1 rings (SSSR count). The molecule has 1 atom stereocenters. The van der Waals surface area contributed by atoms with Crippen molar-refractivity contribution >= 4 is 5.97 Å². The van der Waals surface area contributed by atoms with Crippen LogP contribution in [0.25, 0.3) is 0 Å². The van der Waals surface area contributed by atoms with Gasteiger partial charge < -0.3 is 10.4 Å². The van der Waals surface area contributed by atoms with Gasteiger partial charge in [0.1, 0.15) is 0 Å². The molecule has 4 nitrogen and oxygen atoms in total. The Morgan fingerprint density at radius 2 is 2.15 bits per heavy atom. The number of nitriles is 1. The van der Waals surface area contributed by atoms with E-state index in [0.717, 1.165) is 12.1 Å². The highest BCUT2D eigenvalue weighted by Gasteiger charge is 2.33. The monoisotopic (exact) mass is 286 g/mol. The van der Waals surface area contributed by atoms with Crippen molar-refractivity contribution in [3.05, 3.63) is 34.9 Å². The minimum atomic E-state index is -4.58. The Morgan fingerprint density at radius 3 is 2.65 bits per heavy atom. The summed E-state index contributed by atoms with van der Waals surface area (Å²) in [5.74, 6) is -1.03. The predicted octanol–water partition coefficient (Wildman–Crippen LogP) is 2.18. The van der Waals surface area contributed by atoms with Crippen molar-refractivity contribution in [3.63, 3.8) is 0 Å². The summed E-state index contributed by atoms with van der Waals surface area (Å²) in [5.41, 5.74) is -1.00. The largest absolute Gasteiger partial charge is 0.480 e. The lowest BCUT2D eigenvalue weighted by molar-refractivity contribution is -0.138. The minimum Gasteiger partial charge on any atom is -0.480 e. The van der Waals surface area contributed by atoms with E-state index < -0.39 is 23.3 Å². The first-order chi connectivity index (χ1) is 9.24. The number of carbonyl (C=O) groups is 1. The number of rotatable bonds is 5. The van der Waals surface area contributed by atoms with Gasteiger partial charge in [-0.25, -0.2) is 0 Å². The van der Waals surface area contributed by atoms with E-state index in [4.69, 9.17) is 10.4 Å². The van der Waals surface area contributed by atoms with E-state index in [0.29, 0.717) is 5.56 Å². The van der Waals surface area contributed by atoms with Crippen LogP contribution in [0.3, 0.4) is 0 Å². The lowest BCUT2D eigenvalue weighted by atomic mass is 10.00. The molecular weight excluding hydrogens is 273 g/mol. The molecule has 0 aliphatic carbocycles. The first kappa shape index (κ1) is 16.0. The smallest absolute Gasteiger partial charge is 0.417 e. The highest BCUT2D eigenvalue weighted by atomic mass is 19.4. The van der Waals surface area contributed by atoms with Gasteiger partial charge in [0.05, 0.1) is 23.7 Å². The number of nitrogens with zero attached hydrogens (tertiary/aromatic N) is 1. The molecule has 0 fully saturated rings.